The lowest BCUT2D eigenvalue weighted by Gasteiger charge is -2.22. The first-order valence-corrected chi connectivity index (χ1v) is 13.6. The predicted molar refractivity (Wildman–Crippen MR) is 161 cm³/mol. The maximum absolute atomic E-state index is 11.8. The smallest absolute Gasteiger partial charge is 0.127 e. The Morgan fingerprint density at radius 1 is 0.421 bits per heavy atom. The molecule has 0 fully saturated rings. The van der Waals surface area contributed by atoms with Gasteiger partial charge in [0, 0.05) is 24.0 Å². The van der Waals surface area contributed by atoms with Gasteiger partial charge in [0.25, 0.3) is 0 Å². The number of aryl methyl sites for hydroxylation is 8. The van der Waals surface area contributed by atoms with Gasteiger partial charge in [-0.2, -0.15) is 0 Å². The van der Waals surface area contributed by atoms with Crippen LogP contribution in [0.3, 0.4) is 0 Å². The van der Waals surface area contributed by atoms with E-state index in [9.17, 15) is 10.2 Å². The molecule has 0 aromatic heterocycles. The Kier molecular flexibility index (Phi) is 7.48. The van der Waals surface area contributed by atoms with Crippen LogP contribution in [0.15, 0.2) is 36.4 Å². The van der Waals surface area contributed by atoms with Crippen LogP contribution in [0.4, 0.5) is 0 Å². The number of phenolic OH excluding ortho intramolecular Hbond substituents is 2. The van der Waals surface area contributed by atoms with Crippen molar-refractivity contribution in [2.45, 2.75) is 82.1 Å². The van der Waals surface area contributed by atoms with Gasteiger partial charge >= 0.3 is 0 Å². The fourth-order valence-corrected chi connectivity index (χ4v) is 6.19. The highest BCUT2D eigenvalue weighted by Crippen LogP contribution is 2.46. The summed E-state index contributed by atoms with van der Waals surface area (Å²) >= 11 is 0. The van der Waals surface area contributed by atoms with E-state index in [4.69, 9.17) is 0 Å². The largest absolute Gasteiger partial charge is 0.507 e. The molecular weight excluding hydrogens is 464 g/mol. The van der Waals surface area contributed by atoms with E-state index in [2.05, 4.69) is 91.8 Å². The van der Waals surface area contributed by atoms with E-state index in [1.54, 1.807) is 0 Å². The van der Waals surface area contributed by atoms with E-state index in [-0.39, 0.29) is 11.5 Å². The zero-order valence-corrected chi connectivity index (χ0v) is 24.8. The summed E-state index contributed by atoms with van der Waals surface area (Å²) in [7, 11) is 0. The molecule has 0 heterocycles. The minimum atomic E-state index is 0.269. The highest BCUT2D eigenvalue weighted by Gasteiger charge is 2.23. The summed E-state index contributed by atoms with van der Waals surface area (Å²) in [6.07, 6.45) is 1.30. The molecule has 0 aliphatic heterocycles. The minimum absolute atomic E-state index is 0.269. The van der Waals surface area contributed by atoms with E-state index in [1.807, 2.05) is 13.8 Å². The Balaban J connectivity index is 1.91. The van der Waals surface area contributed by atoms with Crippen molar-refractivity contribution < 1.29 is 10.2 Å². The van der Waals surface area contributed by atoms with Gasteiger partial charge in [0.2, 0.25) is 0 Å². The molecule has 0 aliphatic rings. The summed E-state index contributed by atoms with van der Waals surface area (Å²) in [5, 5.41) is 23.5. The van der Waals surface area contributed by atoms with E-state index in [0.717, 1.165) is 44.5 Å². The lowest BCUT2D eigenvalue weighted by atomic mass is 9.84. The monoisotopic (exact) mass is 506 g/mol. The molecule has 0 bridgehead atoms. The van der Waals surface area contributed by atoms with Crippen LogP contribution in [0.25, 0.3) is 11.1 Å². The van der Waals surface area contributed by atoms with Crippen molar-refractivity contribution >= 4 is 0 Å². The molecule has 0 aliphatic carbocycles. The third kappa shape index (κ3) is 4.97. The van der Waals surface area contributed by atoms with Crippen LogP contribution in [0.5, 0.6) is 11.5 Å². The molecule has 0 spiro atoms. The molecule has 0 saturated carbocycles. The lowest BCUT2D eigenvalue weighted by molar-refractivity contribution is 0.462. The maximum Gasteiger partial charge on any atom is 0.127 e. The topological polar surface area (TPSA) is 40.5 Å². The Hall–Kier alpha value is -3.52. The number of phenols is 2. The highest BCUT2D eigenvalue weighted by atomic mass is 16.3. The summed E-state index contributed by atoms with van der Waals surface area (Å²) in [5.74, 6) is 0.537. The number of aromatic hydroxyl groups is 2. The van der Waals surface area contributed by atoms with Crippen molar-refractivity contribution in [1.29, 1.82) is 0 Å². The van der Waals surface area contributed by atoms with Crippen LogP contribution in [-0.4, -0.2) is 10.2 Å². The fourth-order valence-electron chi connectivity index (χ4n) is 6.19. The van der Waals surface area contributed by atoms with Gasteiger partial charge in [-0.3, -0.25) is 0 Å². The average molecular weight is 507 g/mol. The first-order valence-electron chi connectivity index (χ1n) is 13.6. The average Bonchev–Trinajstić information content (AvgIpc) is 2.81. The summed E-state index contributed by atoms with van der Waals surface area (Å²) < 4.78 is 0. The fraction of sp³-hybridized carbons (Fsp3) is 0.333. The minimum Gasteiger partial charge on any atom is -0.507 e. The van der Waals surface area contributed by atoms with Crippen molar-refractivity contribution in [2.75, 3.05) is 0 Å². The molecule has 4 aromatic rings. The van der Waals surface area contributed by atoms with Gasteiger partial charge in [0.05, 0.1) is 0 Å². The second-order valence-electron chi connectivity index (χ2n) is 11.5. The van der Waals surface area contributed by atoms with Crippen LogP contribution in [0.2, 0.25) is 0 Å². The Labute approximate surface area is 229 Å². The zero-order chi connectivity index (χ0) is 28.0. The van der Waals surface area contributed by atoms with E-state index in [0.29, 0.717) is 12.8 Å². The Morgan fingerprint density at radius 3 is 1.00 bits per heavy atom. The molecule has 0 radical (unpaired) electrons. The van der Waals surface area contributed by atoms with Crippen molar-refractivity contribution in [2.24, 2.45) is 0 Å². The quantitative estimate of drug-likeness (QED) is 0.283. The van der Waals surface area contributed by atoms with Crippen molar-refractivity contribution in [3.8, 4) is 22.6 Å². The number of rotatable bonds is 5. The molecule has 4 aromatic carbocycles. The first-order chi connectivity index (χ1) is 17.8. The first kappa shape index (κ1) is 27.5. The second-order valence-corrected chi connectivity index (χ2v) is 11.5. The third-order valence-electron chi connectivity index (χ3n) is 8.46. The normalized spacial score (nSPS) is 11.3. The van der Waals surface area contributed by atoms with Gasteiger partial charge in [0.15, 0.2) is 0 Å². The van der Waals surface area contributed by atoms with E-state index < -0.39 is 0 Å². The molecule has 38 heavy (non-hydrogen) atoms. The lowest BCUT2D eigenvalue weighted by Crippen LogP contribution is -2.03. The van der Waals surface area contributed by atoms with Crippen LogP contribution >= 0.6 is 0 Å². The van der Waals surface area contributed by atoms with Crippen molar-refractivity contribution in [1.82, 2.24) is 0 Å². The number of benzene rings is 4. The highest BCUT2D eigenvalue weighted by molar-refractivity contribution is 5.84. The molecule has 2 N–H and O–H groups in total. The third-order valence-corrected chi connectivity index (χ3v) is 8.46. The molecule has 4 rings (SSSR count). The Bertz CT molecular complexity index is 1400. The Morgan fingerprint density at radius 2 is 0.711 bits per heavy atom. The van der Waals surface area contributed by atoms with Gasteiger partial charge in [-0.1, -0.05) is 47.5 Å². The van der Waals surface area contributed by atoms with E-state index >= 15 is 0 Å². The standard InChI is InChI=1S/C36H42O2/c1-19-11-23(5)31(24(6)12-19)17-29-15-21(3)27(9)33(35(29)37)34-28(10)22(4)16-30(36(34)38)18-32-25(7)13-20(2)14-26(32)8/h11-16,37-38H,17-18H2,1-10H3. The van der Waals surface area contributed by atoms with Crippen molar-refractivity contribution in [3.63, 3.8) is 0 Å². The molecule has 0 amide bonds. The van der Waals surface area contributed by atoms with Crippen LogP contribution in [0, 0.1) is 69.2 Å². The van der Waals surface area contributed by atoms with Crippen LogP contribution in [-0.2, 0) is 12.8 Å². The number of hydrogen-bond donors (Lipinski definition) is 2. The summed E-state index contributed by atoms with van der Waals surface area (Å²) in [6.45, 7) is 21.1. The maximum atomic E-state index is 11.8. The summed E-state index contributed by atoms with van der Waals surface area (Å²) in [6, 6.07) is 13.0. The molecule has 0 unspecified atom stereocenters. The molecule has 198 valence electrons. The van der Waals surface area contributed by atoms with Gasteiger partial charge < -0.3 is 10.2 Å². The summed E-state index contributed by atoms with van der Waals surface area (Å²) in [4.78, 5) is 0. The molecule has 2 heteroatoms. The van der Waals surface area contributed by atoms with Gasteiger partial charge in [-0.05, 0) is 136 Å². The number of hydrogen-bond acceptors (Lipinski definition) is 2. The van der Waals surface area contributed by atoms with Gasteiger partial charge in [-0.25, -0.2) is 0 Å². The molecule has 0 atom stereocenters. The zero-order valence-electron chi connectivity index (χ0n) is 24.8. The summed E-state index contributed by atoms with van der Waals surface area (Å²) in [5.41, 5.74) is 17.5. The molecule has 0 saturated heterocycles. The van der Waals surface area contributed by atoms with Gasteiger partial charge in [-0.15, -0.1) is 0 Å². The van der Waals surface area contributed by atoms with Crippen LogP contribution in [0.1, 0.15) is 77.9 Å². The van der Waals surface area contributed by atoms with Crippen molar-refractivity contribution in [3.05, 3.63) is 114 Å². The second kappa shape index (κ2) is 10.3. The molecule has 2 nitrogen and oxygen atoms in total. The van der Waals surface area contributed by atoms with Gasteiger partial charge in [0.1, 0.15) is 11.5 Å². The van der Waals surface area contributed by atoms with E-state index in [1.165, 1.54) is 44.5 Å². The SMILES string of the molecule is Cc1cc(C)c(Cc2cc(C)c(C)c(-c3c(C)c(C)cc(Cc4c(C)cc(C)cc4C)c3O)c2O)c(C)c1. The molecular formula is C36H42O2. The van der Waals surface area contributed by atoms with Crippen LogP contribution < -0.4 is 0 Å². The predicted octanol–water partition coefficient (Wildman–Crippen LogP) is 9.03.